The summed E-state index contributed by atoms with van der Waals surface area (Å²) in [5.74, 6) is 0.543. The van der Waals surface area contributed by atoms with E-state index in [9.17, 15) is 4.79 Å². The van der Waals surface area contributed by atoms with Crippen molar-refractivity contribution in [3.63, 3.8) is 0 Å². The quantitative estimate of drug-likeness (QED) is 0.785. The number of hydrogen-bond donors (Lipinski definition) is 0. The number of rotatable bonds is 7. The van der Waals surface area contributed by atoms with Gasteiger partial charge in [0.05, 0.1) is 6.61 Å². The van der Waals surface area contributed by atoms with Gasteiger partial charge in [-0.1, -0.05) is 24.3 Å². The molecule has 0 fully saturated rings. The van der Waals surface area contributed by atoms with Gasteiger partial charge < -0.3 is 9.64 Å². The minimum Gasteiger partial charge on any atom is -0.383 e. The lowest BCUT2D eigenvalue weighted by molar-refractivity contribution is -0.132. The van der Waals surface area contributed by atoms with Crippen LogP contribution < -0.4 is 0 Å². The van der Waals surface area contributed by atoms with Gasteiger partial charge >= 0.3 is 0 Å². The predicted molar refractivity (Wildman–Crippen MR) is 93.7 cm³/mol. The number of amides is 1. The standard InChI is InChI=1S/C20H24N2O2/c1-24-13-12-22(15-16-8-10-21-11-9-16)20(23)14-18-7-6-17-4-2-3-5-19(17)18/h2-5,8-11,18H,6-7,12-15H2,1H3/t18-/m0/s1. The Labute approximate surface area is 143 Å². The maximum atomic E-state index is 12.9. The van der Waals surface area contributed by atoms with E-state index in [4.69, 9.17) is 4.74 Å². The van der Waals surface area contributed by atoms with Crippen LogP contribution in [0, 0.1) is 0 Å². The molecule has 4 nitrogen and oxygen atoms in total. The molecule has 0 N–H and O–H groups in total. The van der Waals surface area contributed by atoms with Crippen molar-refractivity contribution in [1.82, 2.24) is 9.88 Å². The Hall–Kier alpha value is -2.20. The van der Waals surface area contributed by atoms with Crippen LogP contribution in [-0.2, 0) is 22.5 Å². The largest absolute Gasteiger partial charge is 0.383 e. The third-order valence-corrected chi connectivity index (χ3v) is 4.72. The van der Waals surface area contributed by atoms with Gasteiger partial charge in [-0.05, 0) is 47.6 Å². The number of aryl methyl sites for hydroxylation is 1. The fraction of sp³-hybridized carbons (Fsp3) is 0.400. The Morgan fingerprint density at radius 2 is 2.04 bits per heavy atom. The van der Waals surface area contributed by atoms with Crippen molar-refractivity contribution in [1.29, 1.82) is 0 Å². The van der Waals surface area contributed by atoms with Gasteiger partial charge in [0.25, 0.3) is 0 Å². The highest BCUT2D eigenvalue weighted by Gasteiger charge is 2.26. The van der Waals surface area contributed by atoms with Crippen molar-refractivity contribution in [2.45, 2.75) is 31.7 Å². The second-order valence-electron chi connectivity index (χ2n) is 6.30. The molecule has 4 heteroatoms. The van der Waals surface area contributed by atoms with Gasteiger partial charge in [0, 0.05) is 39.0 Å². The molecule has 1 atom stereocenters. The van der Waals surface area contributed by atoms with Gasteiger partial charge in [-0.25, -0.2) is 0 Å². The van der Waals surface area contributed by atoms with E-state index in [0.29, 0.717) is 32.0 Å². The minimum absolute atomic E-state index is 0.200. The summed E-state index contributed by atoms with van der Waals surface area (Å²) >= 11 is 0. The van der Waals surface area contributed by atoms with E-state index in [2.05, 4.69) is 29.2 Å². The van der Waals surface area contributed by atoms with Gasteiger partial charge in [-0.3, -0.25) is 9.78 Å². The molecule has 0 saturated carbocycles. The summed E-state index contributed by atoms with van der Waals surface area (Å²) in [6.45, 7) is 1.78. The molecule has 24 heavy (non-hydrogen) atoms. The third-order valence-electron chi connectivity index (χ3n) is 4.72. The number of ether oxygens (including phenoxy) is 1. The molecule has 0 aliphatic heterocycles. The van der Waals surface area contributed by atoms with E-state index in [0.717, 1.165) is 18.4 Å². The number of carbonyl (C=O) groups is 1. The fourth-order valence-corrected chi connectivity index (χ4v) is 3.40. The minimum atomic E-state index is 0.200. The van der Waals surface area contributed by atoms with E-state index < -0.39 is 0 Å². The van der Waals surface area contributed by atoms with Crippen molar-refractivity contribution in [2.75, 3.05) is 20.3 Å². The molecule has 2 aromatic rings. The van der Waals surface area contributed by atoms with Crippen molar-refractivity contribution in [3.05, 3.63) is 65.5 Å². The van der Waals surface area contributed by atoms with Crippen molar-refractivity contribution < 1.29 is 9.53 Å². The highest BCUT2D eigenvalue weighted by Crippen LogP contribution is 2.35. The first-order chi connectivity index (χ1) is 11.8. The summed E-state index contributed by atoms with van der Waals surface area (Å²) in [4.78, 5) is 18.8. The maximum Gasteiger partial charge on any atom is 0.223 e. The fourth-order valence-electron chi connectivity index (χ4n) is 3.40. The van der Waals surface area contributed by atoms with Crippen LogP contribution in [0.15, 0.2) is 48.8 Å². The molecule has 0 saturated heterocycles. The number of nitrogens with zero attached hydrogens (tertiary/aromatic N) is 2. The number of carbonyl (C=O) groups excluding carboxylic acids is 1. The average molecular weight is 324 g/mol. The Morgan fingerprint density at radius 3 is 2.83 bits per heavy atom. The van der Waals surface area contributed by atoms with Crippen LogP contribution in [0.2, 0.25) is 0 Å². The molecule has 0 bridgehead atoms. The van der Waals surface area contributed by atoms with Crippen LogP contribution in [-0.4, -0.2) is 36.1 Å². The third kappa shape index (κ3) is 4.01. The molecule has 1 aromatic carbocycles. The molecule has 1 amide bonds. The molecular weight excluding hydrogens is 300 g/mol. The molecule has 0 spiro atoms. The number of benzene rings is 1. The normalized spacial score (nSPS) is 16.0. The van der Waals surface area contributed by atoms with Crippen molar-refractivity contribution in [3.8, 4) is 0 Å². The molecule has 1 aliphatic carbocycles. The number of pyridine rings is 1. The Balaban J connectivity index is 1.67. The summed E-state index contributed by atoms with van der Waals surface area (Å²) in [6.07, 6.45) is 6.25. The first-order valence-corrected chi connectivity index (χ1v) is 8.51. The number of hydrogen-bond acceptors (Lipinski definition) is 3. The summed E-state index contributed by atoms with van der Waals surface area (Å²) < 4.78 is 5.18. The van der Waals surface area contributed by atoms with E-state index in [1.165, 1.54) is 11.1 Å². The van der Waals surface area contributed by atoms with Gasteiger partial charge in [-0.2, -0.15) is 0 Å². The molecular formula is C20H24N2O2. The molecule has 0 radical (unpaired) electrons. The first kappa shape index (κ1) is 16.7. The van der Waals surface area contributed by atoms with Crippen LogP contribution in [0.1, 0.15) is 35.4 Å². The molecule has 1 aliphatic rings. The summed E-state index contributed by atoms with van der Waals surface area (Å²) in [5, 5.41) is 0. The zero-order valence-electron chi connectivity index (χ0n) is 14.1. The van der Waals surface area contributed by atoms with Gasteiger partial charge in [0.15, 0.2) is 0 Å². The van der Waals surface area contributed by atoms with E-state index in [1.807, 2.05) is 17.0 Å². The Kier molecular flexibility index (Phi) is 5.59. The predicted octanol–water partition coefficient (Wildman–Crippen LogP) is 3.18. The number of aromatic nitrogens is 1. The van der Waals surface area contributed by atoms with E-state index in [-0.39, 0.29) is 5.91 Å². The molecule has 1 aromatic heterocycles. The zero-order chi connectivity index (χ0) is 16.8. The van der Waals surface area contributed by atoms with Crippen LogP contribution in [0.3, 0.4) is 0 Å². The molecule has 1 heterocycles. The lowest BCUT2D eigenvalue weighted by Crippen LogP contribution is -2.34. The second kappa shape index (κ2) is 8.06. The summed E-state index contributed by atoms with van der Waals surface area (Å²) in [6, 6.07) is 12.4. The maximum absolute atomic E-state index is 12.9. The Morgan fingerprint density at radius 1 is 1.25 bits per heavy atom. The molecule has 3 rings (SSSR count). The number of fused-ring (bicyclic) bond motifs is 1. The molecule has 0 unspecified atom stereocenters. The van der Waals surface area contributed by atoms with E-state index >= 15 is 0 Å². The summed E-state index contributed by atoms with van der Waals surface area (Å²) in [7, 11) is 1.67. The zero-order valence-corrected chi connectivity index (χ0v) is 14.1. The monoisotopic (exact) mass is 324 g/mol. The summed E-state index contributed by atoms with van der Waals surface area (Å²) in [5.41, 5.74) is 3.84. The van der Waals surface area contributed by atoms with Crippen LogP contribution in [0.4, 0.5) is 0 Å². The van der Waals surface area contributed by atoms with Crippen molar-refractivity contribution in [2.24, 2.45) is 0 Å². The smallest absolute Gasteiger partial charge is 0.223 e. The second-order valence-corrected chi connectivity index (χ2v) is 6.30. The van der Waals surface area contributed by atoms with Crippen LogP contribution in [0.25, 0.3) is 0 Å². The van der Waals surface area contributed by atoms with Gasteiger partial charge in [0.1, 0.15) is 0 Å². The Bertz CT molecular complexity index is 672. The van der Waals surface area contributed by atoms with Crippen molar-refractivity contribution >= 4 is 5.91 Å². The lowest BCUT2D eigenvalue weighted by atomic mass is 9.97. The van der Waals surface area contributed by atoms with Gasteiger partial charge in [0.2, 0.25) is 5.91 Å². The number of methoxy groups -OCH3 is 1. The lowest BCUT2D eigenvalue weighted by Gasteiger charge is -2.24. The topological polar surface area (TPSA) is 42.4 Å². The highest BCUT2D eigenvalue weighted by atomic mass is 16.5. The average Bonchev–Trinajstić information content (AvgIpc) is 3.02. The highest BCUT2D eigenvalue weighted by molar-refractivity contribution is 5.77. The van der Waals surface area contributed by atoms with Crippen LogP contribution >= 0.6 is 0 Å². The van der Waals surface area contributed by atoms with E-state index in [1.54, 1.807) is 19.5 Å². The SMILES string of the molecule is COCCN(Cc1ccncc1)C(=O)C[C@@H]1CCc2ccccc21. The first-order valence-electron chi connectivity index (χ1n) is 8.51. The van der Waals surface area contributed by atoms with Crippen LogP contribution in [0.5, 0.6) is 0 Å². The molecule has 126 valence electrons. The van der Waals surface area contributed by atoms with Gasteiger partial charge in [-0.15, -0.1) is 0 Å².